The number of nitrogens with zero attached hydrogens (tertiary/aromatic N) is 2. The van der Waals surface area contributed by atoms with Crippen molar-refractivity contribution in [3.63, 3.8) is 0 Å². The average molecular weight is 463 g/mol. The molecule has 0 aliphatic heterocycles. The molecular weight excluding hydrogens is 444 g/mol. The molecule has 0 atom stereocenters. The Morgan fingerprint density at radius 1 is 0.400 bits per heavy atom. The molecule has 2 heterocycles. The van der Waals surface area contributed by atoms with Gasteiger partial charge in [-0.25, -0.2) is 9.97 Å². The molecule has 0 N–H and O–H groups in total. The van der Waals surface area contributed by atoms with Crippen LogP contribution in [0, 0.1) is 0 Å². The van der Waals surface area contributed by atoms with Gasteiger partial charge in [0.2, 0.25) is 0 Å². The predicted molar refractivity (Wildman–Crippen MR) is 149 cm³/mol. The minimum absolute atomic E-state index is 0.974. The maximum absolute atomic E-state index is 5.40. The topological polar surface area (TPSA) is 25.8 Å². The zero-order valence-electron chi connectivity index (χ0n) is 18.7. The fraction of sp³-hybridized carbons (Fsp3) is 0. The first-order chi connectivity index (χ1) is 17.4. The van der Waals surface area contributed by atoms with E-state index in [-0.39, 0.29) is 0 Å². The molecule has 8 aromatic rings. The second kappa shape index (κ2) is 7.08. The normalized spacial score (nSPS) is 12.0. The predicted octanol–water partition coefficient (Wildman–Crippen LogP) is 9.08. The van der Waals surface area contributed by atoms with Crippen molar-refractivity contribution in [3.05, 3.63) is 109 Å². The van der Waals surface area contributed by atoms with Gasteiger partial charge in [0.25, 0.3) is 0 Å². The van der Waals surface area contributed by atoms with E-state index in [1.54, 1.807) is 11.3 Å². The van der Waals surface area contributed by atoms with Gasteiger partial charge in [-0.3, -0.25) is 0 Å². The first kappa shape index (κ1) is 19.0. The number of hydrogen-bond acceptors (Lipinski definition) is 3. The van der Waals surface area contributed by atoms with Crippen LogP contribution in [0.2, 0.25) is 0 Å². The fourth-order valence-electron chi connectivity index (χ4n) is 5.45. The van der Waals surface area contributed by atoms with E-state index in [2.05, 4.69) is 109 Å². The quantitative estimate of drug-likeness (QED) is 0.189. The molecule has 8 rings (SSSR count). The Bertz CT molecular complexity index is 1890. The Kier molecular flexibility index (Phi) is 3.85. The summed E-state index contributed by atoms with van der Waals surface area (Å²) in [4.78, 5) is 13.1. The van der Waals surface area contributed by atoms with Gasteiger partial charge in [-0.05, 0) is 32.7 Å². The summed E-state index contributed by atoms with van der Waals surface area (Å²) in [7, 11) is 0. The van der Waals surface area contributed by atoms with Crippen molar-refractivity contribution >= 4 is 65.7 Å². The van der Waals surface area contributed by atoms with Crippen LogP contribution in [-0.2, 0) is 0 Å². The third kappa shape index (κ3) is 2.64. The van der Waals surface area contributed by atoms with Gasteiger partial charge in [-0.15, -0.1) is 11.3 Å². The lowest BCUT2D eigenvalue weighted by atomic mass is 9.93. The first-order valence-corrected chi connectivity index (χ1v) is 12.6. The molecule has 0 fully saturated rings. The summed E-state index contributed by atoms with van der Waals surface area (Å²) in [5.74, 6) is 0. The number of aromatic nitrogens is 2. The van der Waals surface area contributed by atoms with Gasteiger partial charge in [0, 0.05) is 10.8 Å². The smallest absolute Gasteiger partial charge is 0.109 e. The summed E-state index contributed by atoms with van der Waals surface area (Å²) in [5, 5.41) is 7.38. The molecule has 0 saturated heterocycles. The van der Waals surface area contributed by atoms with Gasteiger partial charge in [-0.1, -0.05) is 109 Å². The molecule has 0 aliphatic rings. The van der Waals surface area contributed by atoms with Crippen LogP contribution in [0.25, 0.3) is 75.3 Å². The molecule has 0 saturated carbocycles. The van der Waals surface area contributed by atoms with Gasteiger partial charge in [0.05, 0.1) is 20.8 Å². The highest BCUT2D eigenvalue weighted by Gasteiger charge is 2.21. The summed E-state index contributed by atoms with van der Waals surface area (Å²) in [6, 6.07) is 38.6. The summed E-state index contributed by atoms with van der Waals surface area (Å²) in [6.45, 7) is 0. The molecule has 0 radical (unpaired) electrons. The fourth-order valence-corrected chi connectivity index (χ4v) is 6.64. The van der Waals surface area contributed by atoms with Crippen LogP contribution in [0.15, 0.2) is 109 Å². The van der Waals surface area contributed by atoms with E-state index >= 15 is 0 Å². The van der Waals surface area contributed by atoms with Crippen molar-refractivity contribution in [1.29, 1.82) is 0 Å². The second-order valence-corrected chi connectivity index (χ2v) is 10.0. The van der Waals surface area contributed by atoms with Crippen LogP contribution in [0.1, 0.15) is 0 Å². The lowest BCUT2D eigenvalue weighted by Gasteiger charge is -2.13. The van der Waals surface area contributed by atoms with Crippen LogP contribution in [0.4, 0.5) is 0 Å². The van der Waals surface area contributed by atoms with Crippen molar-refractivity contribution in [2.24, 2.45) is 0 Å². The van der Waals surface area contributed by atoms with E-state index in [1.807, 2.05) is 0 Å². The number of thiophene rings is 1. The largest absolute Gasteiger partial charge is 0.242 e. The summed E-state index contributed by atoms with van der Waals surface area (Å²) in [5.41, 5.74) is 6.25. The van der Waals surface area contributed by atoms with E-state index in [1.165, 1.54) is 53.2 Å². The number of hydrogen-bond donors (Lipinski definition) is 0. The number of rotatable bonds is 2. The molecular formula is C32H18N2S. The van der Waals surface area contributed by atoms with Crippen molar-refractivity contribution in [3.8, 4) is 20.9 Å². The maximum Gasteiger partial charge on any atom is 0.109 e. The van der Waals surface area contributed by atoms with Gasteiger partial charge in [0.15, 0.2) is 0 Å². The third-order valence-electron chi connectivity index (χ3n) is 7.00. The standard InChI is InChI=1S/C32H18N2S/c1-3-9-21(10-4-1)31-29-30(32(35-31)22-11-5-2-6-12-22)34-28-24-16-8-14-20-18-17-19-13-7-15-23(27(28)33-29)25(19)26(20)24/h1-18H. The van der Waals surface area contributed by atoms with E-state index in [9.17, 15) is 0 Å². The van der Waals surface area contributed by atoms with Crippen LogP contribution in [0.3, 0.4) is 0 Å². The third-order valence-corrected chi connectivity index (χ3v) is 8.26. The lowest BCUT2D eigenvalue weighted by Crippen LogP contribution is -1.92. The molecule has 0 bridgehead atoms. The Labute approximate surface area is 205 Å². The molecule has 0 aliphatic carbocycles. The van der Waals surface area contributed by atoms with Gasteiger partial charge in [0.1, 0.15) is 11.0 Å². The van der Waals surface area contributed by atoms with Crippen LogP contribution in [-0.4, -0.2) is 9.97 Å². The van der Waals surface area contributed by atoms with Crippen molar-refractivity contribution < 1.29 is 0 Å². The van der Waals surface area contributed by atoms with Crippen LogP contribution < -0.4 is 0 Å². The highest BCUT2D eigenvalue weighted by atomic mass is 32.1. The average Bonchev–Trinajstić information content (AvgIpc) is 3.31. The molecule has 0 amide bonds. The van der Waals surface area contributed by atoms with Crippen LogP contribution in [0.5, 0.6) is 0 Å². The molecule has 6 aromatic carbocycles. The molecule has 2 nitrogen and oxygen atoms in total. The van der Waals surface area contributed by atoms with Crippen molar-refractivity contribution in [1.82, 2.24) is 9.97 Å². The Morgan fingerprint density at radius 3 is 1.31 bits per heavy atom. The zero-order chi connectivity index (χ0) is 22.9. The highest BCUT2D eigenvalue weighted by molar-refractivity contribution is 7.20. The zero-order valence-corrected chi connectivity index (χ0v) is 19.5. The minimum Gasteiger partial charge on any atom is -0.242 e. The summed E-state index contributed by atoms with van der Waals surface area (Å²) < 4.78 is 0. The van der Waals surface area contributed by atoms with Crippen molar-refractivity contribution in [2.45, 2.75) is 0 Å². The lowest BCUT2D eigenvalue weighted by molar-refractivity contribution is 1.44. The first-order valence-electron chi connectivity index (χ1n) is 11.8. The molecule has 162 valence electrons. The summed E-state index contributed by atoms with van der Waals surface area (Å²) >= 11 is 1.78. The summed E-state index contributed by atoms with van der Waals surface area (Å²) in [6.07, 6.45) is 0. The van der Waals surface area contributed by atoms with E-state index in [0.29, 0.717) is 0 Å². The van der Waals surface area contributed by atoms with Gasteiger partial charge >= 0.3 is 0 Å². The monoisotopic (exact) mass is 462 g/mol. The SMILES string of the molecule is c1ccc(-c2sc(-c3ccccc3)c3nc4c5cccc6ccc7cccc(c4nc23)c7c65)cc1. The Balaban J connectivity index is 1.61. The van der Waals surface area contributed by atoms with Gasteiger partial charge in [-0.2, -0.15) is 0 Å². The Morgan fingerprint density at radius 2 is 0.857 bits per heavy atom. The molecule has 0 unspecified atom stereocenters. The number of benzene rings is 6. The molecule has 2 aromatic heterocycles. The van der Waals surface area contributed by atoms with E-state index in [0.717, 1.165) is 22.1 Å². The highest BCUT2D eigenvalue weighted by Crippen LogP contribution is 2.45. The molecule has 3 heteroatoms. The number of fused-ring (bicyclic) bond motifs is 4. The maximum atomic E-state index is 5.40. The van der Waals surface area contributed by atoms with E-state index in [4.69, 9.17) is 9.97 Å². The van der Waals surface area contributed by atoms with Crippen molar-refractivity contribution in [2.75, 3.05) is 0 Å². The van der Waals surface area contributed by atoms with Crippen LogP contribution >= 0.6 is 11.3 Å². The second-order valence-electron chi connectivity index (χ2n) is 8.98. The molecule has 0 spiro atoms. The molecule has 35 heavy (non-hydrogen) atoms. The minimum atomic E-state index is 0.974. The Hall–Kier alpha value is -4.34. The van der Waals surface area contributed by atoms with Gasteiger partial charge < -0.3 is 0 Å². The van der Waals surface area contributed by atoms with E-state index < -0.39 is 0 Å².